The van der Waals surface area contributed by atoms with Crippen molar-refractivity contribution in [2.75, 3.05) is 11.9 Å². The minimum atomic E-state index is 0.599. The first kappa shape index (κ1) is 15.8. The van der Waals surface area contributed by atoms with Crippen LogP contribution in [0, 0.1) is 0 Å². The van der Waals surface area contributed by atoms with Crippen LogP contribution in [0.3, 0.4) is 0 Å². The lowest BCUT2D eigenvalue weighted by Gasteiger charge is -2.04. The molecule has 0 unspecified atom stereocenters. The van der Waals surface area contributed by atoms with Crippen molar-refractivity contribution in [3.63, 3.8) is 0 Å². The fourth-order valence-electron chi connectivity index (χ4n) is 2.23. The number of ether oxygens (including phenoxy) is 1. The quantitative estimate of drug-likeness (QED) is 0.320. The lowest BCUT2D eigenvalue weighted by molar-refractivity contribution is 0.363. The summed E-state index contributed by atoms with van der Waals surface area (Å²) in [5, 5.41) is 4.34. The van der Waals surface area contributed by atoms with Gasteiger partial charge in [-0.3, -0.25) is 0 Å². The van der Waals surface area contributed by atoms with Gasteiger partial charge in [0.2, 0.25) is 0 Å². The van der Waals surface area contributed by atoms with Gasteiger partial charge in [0.15, 0.2) is 0 Å². The van der Waals surface area contributed by atoms with Crippen molar-refractivity contribution in [1.29, 1.82) is 0 Å². The number of halogens is 2. The molecular formula is C18H14Br2OS. The summed E-state index contributed by atoms with van der Waals surface area (Å²) in [7, 11) is 0. The molecule has 1 heterocycles. The molecule has 1 nitrogen and oxygen atoms in total. The average molecular weight is 438 g/mol. The molecular weight excluding hydrogens is 424 g/mol. The van der Waals surface area contributed by atoms with Gasteiger partial charge in [-0.15, -0.1) is 11.3 Å². The molecule has 0 saturated heterocycles. The Labute approximate surface area is 150 Å². The maximum Gasteiger partial charge on any atom is 0.121 e. The Morgan fingerprint density at radius 2 is 1.86 bits per heavy atom. The molecule has 0 aliphatic carbocycles. The van der Waals surface area contributed by atoms with Crippen LogP contribution in [0.25, 0.3) is 21.2 Å². The van der Waals surface area contributed by atoms with E-state index in [1.807, 2.05) is 18.2 Å². The summed E-state index contributed by atoms with van der Waals surface area (Å²) in [5.41, 5.74) is 2.52. The third-order valence-corrected chi connectivity index (χ3v) is 5.15. The summed E-state index contributed by atoms with van der Waals surface area (Å²) in [6, 6.07) is 14.7. The van der Waals surface area contributed by atoms with Gasteiger partial charge in [-0.05, 0) is 41.3 Å². The van der Waals surface area contributed by atoms with E-state index in [-0.39, 0.29) is 0 Å². The first-order valence-electron chi connectivity index (χ1n) is 6.89. The molecule has 0 bridgehead atoms. The fourth-order valence-corrected chi connectivity index (χ4v) is 3.75. The second kappa shape index (κ2) is 7.44. The Balaban J connectivity index is 1.86. The van der Waals surface area contributed by atoms with Crippen LogP contribution in [0.4, 0.5) is 0 Å². The van der Waals surface area contributed by atoms with Crippen molar-refractivity contribution in [2.24, 2.45) is 0 Å². The summed E-state index contributed by atoms with van der Waals surface area (Å²) >= 11 is 8.59. The zero-order valence-corrected chi connectivity index (χ0v) is 15.7. The molecule has 1 aromatic heterocycles. The van der Waals surface area contributed by atoms with Crippen molar-refractivity contribution in [1.82, 2.24) is 0 Å². The van der Waals surface area contributed by atoms with Crippen molar-refractivity contribution >= 4 is 53.3 Å². The zero-order valence-electron chi connectivity index (χ0n) is 11.8. The van der Waals surface area contributed by atoms with Gasteiger partial charge >= 0.3 is 0 Å². The lowest BCUT2D eigenvalue weighted by atomic mass is 10.1. The minimum Gasteiger partial charge on any atom is -0.489 e. The van der Waals surface area contributed by atoms with Crippen LogP contribution < -0.4 is 4.74 Å². The number of rotatable bonds is 5. The highest BCUT2D eigenvalue weighted by Gasteiger charge is 2.07. The molecule has 4 heteroatoms. The van der Waals surface area contributed by atoms with Crippen LogP contribution in [0.5, 0.6) is 5.75 Å². The molecule has 0 amide bonds. The molecule has 22 heavy (non-hydrogen) atoms. The molecule has 3 rings (SSSR count). The van der Waals surface area contributed by atoms with Gasteiger partial charge in [0, 0.05) is 25.5 Å². The third kappa shape index (κ3) is 3.62. The fraction of sp³-hybridized carbons (Fsp3) is 0.111. The number of fused-ring (bicyclic) bond motifs is 1. The highest BCUT2D eigenvalue weighted by molar-refractivity contribution is 9.10. The van der Waals surface area contributed by atoms with Crippen molar-refractivity contribution < 1.29 is 4.74 Å². The molecule has 112 valence electrons. The van der Waals surface area contributed by atoms with Gasteiger partial charge in [-0.2, -0.15) is 0 Å². The molecule has 0 aliphatic rings. The maximum atomic E-state index is 5.74. The van der Waals surface area contributed by atoms with E-state index in [1.165, 1.54) is 21.2 Å². The average Bonchev–Trinajstić information content (AvgIpc) is 2.95. The molecule has 0 N–H and O–H groups in total. The first-order valence-corrected chi connectivity index (χ1v) is 9.68. The smallest absolute Gasteiger partial charge is 0.121 e. The molecule has 0 aliphatic heterocycles. The summed E-state index contributed by atoms with van der Waals surface area (Å²) in [6.45, 7) is 0.599. The number of hydrogen-bond acceptors (Lipinski definition) is 2. The number of alkyl halides is 1. The molecule has 0 radical (unpaired) electrons. The molecule has 3 aromatic rings. The highest BCUT2D eigenvalue weighted by atomic mass is 79.9. The van der Waals surface area contributed by atoms with E-state index in [2.05, 4.69) is 73.6 Å². The Hall–Kier alpha value is -1.10. The zero-order chi connectivity index (χ0) is 15.4. The van der Waals surface area contributed by atoms with Gasteiger partial charge in [0.05, 0.1) is 0 Å². The Bertz CT molecular complexity index is 790. The standard InChI is InChI=1S/C18H14Br2OS/c19-9-1-2-10-21-15-7-8-16-17(12-22-18(16)11-15)13-3-5-14(20)6-4-13/h1-8,11-12H,9-10H2/b2-1+. The van der Waals surface area contributed by atoms with Gasteiger partial charge in [0.1, 0.15) is 12.4 Å². The van der Waals surface area contributed by atoms with E-state index in [1.54, 1.807) is 11.3 Å². The summed E-state index contributed by atoms with van der Waals surface area (Å²) in [6.07, 6.45) is 4.05. The van der Waals surface area contributed by atoms with E-state index < -0.39 is 0 Å². The van der Waals surface area contributed by atoms with E-state index in [0.717, 1.165) is 15.6 Å². The van der Waals surface area contributed by atoms with Crippen molar-refractivity contribution in [3.05, 3.63) is 64.5 Å². The van der Waals surface area contributed by atoms with Crippen LogP contribution in [0.2, 0.25) is 0 Å². The first-order chi connectivity index (χ1) is 10.8. The largest absolute Gasteiger partial charge is 0.489 e. The number of benzene rings is 2. The summed E-state index contributed by atoms with van der Waals surface area (Å²) in [4.78, 5) is 0. The summed E-state index contributed by atoms with van der Waals surface area (Å²) in [5.74, 6) is 0.913. The van der Waals surface area contributed by atoms with Crippen LogP contribution in [-0.4, -0.2) is 11.9 Å². The second-order valence-corrected chi connectivity index (χ2v) is 7.23. The van der Waals surface area contributed by atoms with E-state index >= 15 is 0 Å². The van der Waals surface area contributed by atoms with Crippen LogP contribution in [-0.2, 0) is 0 Å². The number of thiophene rings is 1. The normalized spacial score (nSPS) is 11.4. The third-order valence-electron chi connectivity index (χ3n) is 3.30. The van der Waals surface area contributed by atoms with E-state index in [4.69, 9.17) is 4.74 Å². The molecule has 0 fully saturated rings. The van der Waals surface area contributed by atoms with Crippen molar-refractivity contribution in [3.8, 4) is 16.9 Å². The van der Waals surface area contributed by atoms with Gasteiger partial charge in [-0.1, -0.05) is 56.1 Å². The van der Waals surface area contributed by atoms with Crippen LogP contribution in [0.1, 0.15) is 0 Å². The summed E-state index contributed by atoms with van der Waals surface area (Å²) < 4.78 is 8.09. The lowest BCUT2D eigenvalue weighted by Crippen LogP contribution is -1.92. The monoisotopic (exact) mass is 436 g/mol. The SMILES string of the molecule is BrC/C=C/COc1ccc2c(-c3ccc(Br)cc3)csc2c1. The Morgan fingerprint density at radius 1 is 1.05 bits per heavy atom. The van der Waals surface area contributed by atoms with Crippen LogP contribution in [0.15, 0.2) is 64.5 Å². The van der Waals surface area contributed by atoms with E-state index in [0.29, 0.717) is 6.61 Å². The molecule has 0 spiro atoms. The Morgan fingerprint density at radius 3 is 2.64 bits per heavy atom. The molecule has 0 saturated carbocycles. The Kier molecular flexibility index (Phi) is 5.34. The highest BCUT2D eigenvalue weighted by Crippen LogP contribution is 2.36. The predicted molar refractivity (Wildman–Crippen MR) is 103 cm³/mol. The van der Waals surface area contributed by atoms with Gasteiger partial charge in [0.25, 0.3) is 0 Å². The maximum absolute atomic E-state index is 5.74. The topological polar surface area (TPSA) is 9.23 Å². The molecule has 0 atom stereocenters. The number of hydrogen-bond donors (Lipinski definition) is 0. The van der Waals surface area contributed by atoms with Crippen molar-refractivity contribution in [2.45, 2.75) is 0 Å². The van der Waals surface area contributed by atoms with E-state index in [9.17, 15) is 0 Å². The minimum absolute atomic E-state index is 0.599. The predicted octanol–water partition coefficient (Wildman–Crippen LogP) is 6.66. The second-order valence-electron chi connectivity index (χ2n) is 4.75. The van der Waals surface area contributed by atoms with Crippen LogP contribution >= 0.6 is 43.2 Å². The molecule has 2 aromatic carbocycles. The van der Waals surface area contributed by atoms with Gasteiger partial charge < -0.3 is 4.74 Å². The number of allylic oxidation sites excluding steroid dienone is 1. The van der Waals surface area contributed by atoms with Gasteiger partial charge in [-0.25, -0.2) is 0 Å².